The van der Waals surface area contributed by atoms with Crippen LogP contribution in [0.5, 0.6) is 0 Å². The van der Waals surface area contributed by atoms with Gasteiger partial charge in [0.1, 0.15) is 0 Å². The molecule has 1 aliphatic heterocycles. The zero-order valence-electron chi connectivity index (χ0n) is 18.7. The molecule has 0 atom stereocenters. The van der Waals surface area contributed by atoms with Crippen molar-refractivity contribution in [3.05, 3.63) is 95.6 Å². The second kappa shape index (κ2) is 9.68. The molecule has 174 valence electrons. The van der Waals surface area contributed by atoms with Crippen LogP contribution in [-0.4, -0.2) is 44.3 Å². The van der Waals surface area contributed by atoms with Crippen LogP contribution in [0.2, 0.25) is 0 Å². The standard InChI is InChI=1S/C26H21N5O4/c32-22(12-6-14-31-25(33)19-9-2-3-10-20(19)26(31)34)28-21-11-4-1-7-17(21)15-23-29-24(30-35-23)18-8-5-13-27-16-18/h1-5,7-11,13,16H,6,12,14-15H2,(H,28,32). The minimum atomic E-state index is -0.318. The van der Waals surface area contributed by atoms with Gasteiger partial charge in [-0.1, -0.05) is 35.5 Å². The molecule has 2 aromatic carbocycles. The van der Waals surface area contributed by atoms with Crippen LogP contribution in [0.4, 0.5) is 5.69 Å². The summed E-state index contributed by atoms with van der Waals surface area (Å²) in [6.45, 7) is 0.181. The number of rotatable bonds is 8. The molecule has 2 aromatic heterocycles. The van der Waals surface area contributed by atoms with Gasteiger partial charge < -0.3 is 9.84 Å². The molecular weight excluding hydrogens is 446 g/mol. The number of amides is 3. The lowest BCUT2D eigenvalue weighted by molar-refractivity contribution is -0.116. The van der Waals surface area contributed by atoms with Crippen molar-refractivity contribution in [2.75, 3.05) is 11.9 Å². The highest BCUT2D eigenvalue weighted by Gasteiger charge is 2.34. The fraction of sp³-hybridized carbons (Fsp3) is 0.154. The van der Waals surface area contributed by atoms with Gasteiger partial charge in [0, 0.05) is 36.6 Å². The molecule has 0 bridgehead atoms. The topological polar surface area (TPSA) is 118 Å². The number of fused-ring (bicyclic) bond motifs is 1. The Balaban J connectivity index is 1.18. The molecule has 9 heteroatoms. The van der Waals surface area contributed by atoms with E-state index in [1.54, 1.807) is 48.8 Å². The third-order valence-electron chi connectivity index (χ3n) is 5.68. The van der Waals surface area contributed by atoms with E-state index in [9.17, 15) is 14.4 Å². The summed E-state index contributed by atoms with van der Waals surface area (Å²) in [7, 11) is 0. The maximum atomic E-state index is 12.6. The van der Waals surface area contributed by atoms with E-state index in [0.717, 1.165) is 11.1 Å². The number of anilines is 1. The first-order valence-corrected chi connectivity index (χ1v) is 11.2. The van der Waals surface area contributed by atoms with Gasteiger partial charge in [-0.05, 0) is 42.3 Å². The molecule has 35 heavy (non-hydrogen) atoms. The molecule has 1 aliphatic rings. The van der Waals surface area contributed by atoms with Crippen LogP contribution in [0.1, 0.15) is 45.0 Å². The summed E-state index contributed by atoms with van der Waals surface area (Å²) in [6.07, 6.45) is 4.19. The average molecular weight is 467 g/mol. The fourth-order valence-corrected chi connectivity index (χ4v) is 3.95. The van der Waals surface area contributed by atoms with Gasteiger partial charge in [0.15, 0.2) is 0 Å². The predicted molar refractivity (Wildman–Crippen MR) is 126 cm³/mol. The summed E-state index contributed by atoms with van der Waals surface area (Å²) >= 11 is 0. The molecule has 0 radical (unpaired) electrons. The van der Waals surface area contributed by atoms with Crippen LogP contribution in [0.15, 0.2) is 77.6 Å². The van der Waals surface area contributed by atoms with E-state index in [1.165, 1.54) is 4.90 Å². The number of aromatic nitrogens is 3. The molecule has 0 saturated carbocycles. The Labute approximate surface area is 200 Å². The molecule has 4 aromatic rings. The number of para-hydroxylation sites is 1. The zero-order valence-corrected chi connectivity index (χ0v) is 18.7. The molecule has 3 amide bonds. The van der Waals surface area contributed by atoms with Gasteiger partial charge in [0.05, 0.1) is 17.5 Å². The number of hydrogen-bond acceptors (Lipinski definition) is 7. The Morgan fingerprint density at radius 3 is 2.43 bits per heavy atom. The highest BCUT2D eigenvalue weighted by molar-refractivity contribution is 6.21. The van der Waals surface area contributed by atoms with Crippen molar-refractivity contribution in [2.24, 2.45) is 0 Å². The number of imide groups is 1. The SMILES string of the molecule is O=C(CCCN1C(=O)c2ccccc2C1=O)Nc1ccccc1Cc1nc(-c2cccnc2)no1. The van der Waals surface area contributed by atoms with E-state index >= 15 is 0 Å². The molecular formula is C26H21N5O4. The van der Waals surface area contributed by atoms with E-state index in [0.29, 0.717) is 41.4 Å². The van der Waals surface area contributed by atoms with E-state index in [-0.39, 0.29) is 30.7 Å². The lowest BCUT2D eigenvalue weighted by Gasteiger charge is -2.14. The third kappa shape index (κ3) is 4.70. The first-order chi connectivity index (χ1) is 17.1. The maximum absolute atomic E-state index is 12.6. The van der Waals surface area contributed by atoms with E-state index in [4.69, 9.17) is 4.52 Å². The highest BCUT2D eigenvalue weighted by Crippen LogP contribution is 2.23. The van der Waals surface area contributed by atoms with Crippen molar-refractivity contribution in [3.63, 3.8) is 0 Å². The number of carbonyl (C=O) groups excluding carboxylic acids is 3. The van der Waals surface area contributed by atoms with E-state index in [1.807, 2.05) is 24.3 Å². The van der Waals surface area contributed by atoms with Crippen LogP contribution in [-0.2, 0) is 11.2 Å². The fourth-order valence-electron chi connectivity index (χ4n) is 3.95. The van der Waals surface area contributed by atoms with Gasteiger partial charge in [-0.2, -0.15) is 4.98 Å². The van der Waals surface area contributed by atoms with Crippen LogP contribution < -0.4 is 5.32 Å². The largest absolute Gasteiger partial charge is 0.339 e. The lowest BCUT2D eigenvalue weighted by Crippen LogP contribution is -2.31. The predicted octanol–water partition coefficient (Wildman–Crippen LogP) is 3.74. The van der Waals surface area contributed by atoms with Gasteiger partial charge in [-0.25, -0.2) is 0 Å². The van der Waals surface area contributed by atoms with Crippen LogP contribution in [0.25, 0.3) is 11.4 Å². The maximum Gasteiger partial charge on any atom is 0.261 e. The highest BCUT2D eigenvalue weighted by atomic mass is 16.5. The van der Waals surface area contributed by atoms with Crippen LogP contribution in [0, 0.1) is 0 Å². The minimum absolute atomic E-state index is 0.160. The number of nitrogens with zero attached hydrogens (tertiary/aromatic N) is 4. The minimum Gasteiger partial charge on any atom is -0.339 e. The second-order valence-electron chi connectivity index (χ2n) is 8.05. The number of pyridine rings is 1. The van der Waals surface area contributed by atoms with Crippen LogP contribution in [0.3, 0.4) is 0 Å². The average Bonchev–Trinajstić information content (AvgIpc) is 3.45. The quantitative estimate of drug-likeness (QED) is 0.392. The van der Waals surface area contributed by atoms with E-state index < -0.39 is 0 Å². The molecule has 5 rings (SSSR count). The summed E-state index contributed by atoms with van der Waals surface area (Å²) in [5, 5.41) is 6.91. The molecule has 0 unspecified atom stereocenters. The Morgan fingerprint density at radius 2 is 1.69 bits per heavy atom. The van der Waals surface area contributed by atoms with Gasteiger partial charge in [-0.3, -0.25) is 24.3 Å². The van der Waals surface area contributed by atoms with E-state index in [2.05, 4.69) is 20.4 Å². The molecule has 1 N–H and O–H groups in total. The Morgan fingerprint density at radius 1 is 0.943 bits per heavy atom. The summed E-state index contributed by atoms with van der Waals surface area (Å²) in [6, 6.07) is 17.8. The van der Waals surface area contributed by atoms with Crippen molar-refractivity contribution >= 4 is 23.4 Å². The first kappa shape index (κ1) is 22.1. The van der Waals surface area contributed by atoms with Gasteiger partial charge >= 0.3 is 0 Å². The molecule has 9 nitrogen and oxygen atoms in total. The van der Waals surface area contributed by atoms with Crippen LogP contribution >= 0.6 is 0 Å². The number of hydrogen-bond donors (Lipinski definition) is 1. The number of nitrogens with one attached hydrogen (secondary N) is 1. The summed E-state index contributed by atoms with van der Waals surface area (Å²) in [4.78, 5) is 47.2. The Bertz CT molecular complexity index is 1360. The molecule has 0 saturated heterocycles. The molecule has 0 fully saturated rings. The Hall–Kier alpha value is -4.66. The lowest BCUT2D eigenvalue weighted by atomic mass is 10.1. The van der Waals surface area contributed by atoms with Gasteiger partial charge in [-0.15, -0.1) is 0 Å². The van der Waals surface area contributed by atoms with Crippen molar-refractivity contribution < 1.29 is 18.9 Å². The monoisotopic (exact) mass is 467 g/mol. The molecule has 3 heterocycles. The normalized spacial score (nSPS) is 12.6. The first-order valence-electron chi connectivity index (χ1n) is 11.2. The van der Waals surface area contributed by atoms with Crippen molar-refractivity contribution in [1.29, 1.82) is 0 Å². The van der Waals surface area contributed by atoms with Crippen molar-refractivity contribution in [3.8, 4) is 11.4 Å². The van der Waals surface area contributed by atoms with Crippen molar-refractivity contribution in [2.45, 2.75) is 19.3 Å². The van der Waals surface area contributed by atoms with Gasteiger partial charge in [0.25, 0.3) is 11.8 Å². The summed E-state index contributed by atoms with van der Waals surface area (Å²) < 4.78 is 5.38. The smallest absolute Gasteiger partial charge is 0.261 e. The summed E-state index contributed by atoms with van der Waals surface area (Å²) in [5.41, 5.74) is 3.02. The zero-order chi connectivity index (χ0) is 24.2. The summed E-state index contributed by atoms with van der Waals surface area (Å²) in [5.74, 6) is 0.0118. The molecule has 0 spiro atoms. The van der Waals surface area contributed by atoms with Gasteiger partial charge in [0.2, 0.25) is 17.6 Å². The number of carbonyl (C=O) groups is 3. The Kier molecular flexibility index (Phi) is 6.13. The third-order valence-corrected chi connectivity index (χ3v) is 5.68. The second-order valence-corrected chi connectivity index (χ2v) is 8.05. The molecule has 0 aliphatic carbocycles. The van der Waals surface area contributed by atoms with Crippen molar-refractivity contribution in [1.82, 2.24) is 20.0 Å². The number of benzene rings is 2.